The minimum absolute atomic E-state index is 0.0136. The second-order valence-electron chi connectivity index (χ2n) is 3.64. The molecule has 0 aliphatic rings. The molecule has 0 bridgehead atoms. The van der Waals surface area contributed by atoms with E-state index in [0.717, 1.165) is 12.1 Å². The van der Waals surface area contributed by atoms with Gasteiger partial charge in [-0.25, -0.2) is 8.42 Å². The largest absolute Gasteiger partial charge is 0.482 e. The van der Waals surface area contributed by atoms with E-state index in [9.17, 15) is 8.42 Å². The van der Waals surface area contributed by atoms with Crippen LogP contribution in [0.2, 0.25) is 10.0 Å². The Labute approximate surface area is 128 Å². The second kappa shape index (κ2) is 5.72. The quantitative estimate of drug-likeness (QED) is 0.778. The van der Waals surface area contributed by atoms with Crippen LogP contribution in [0.4, 0.5) is 0 Å². The molecule has 0 atom stereocenters. The van der Waals surface area contributed by atoms with E-state index in [-0.39, 0.29) is 27.3 Å². The number of hydrogen-bond acceptors (Lipinski definition) is 6. The van der Waals surface area contributed by atoms with Crippen molar-refractivity contribution in [2.45, 2.75) is 11.5 Å². The van der Waals surface area contributed by atoms with E-state index in [1.165, 1.54) is 4.80 Å². The molecule has 0 spiro atoms. The zero-order valence-electron chi connectivity index (χ0n) is 9.92. The summed E-state index contributed by atoms with van der Waals surface area (Å²) in [5.74, 6) is 0.443. The highest BCUT2D eigenvalue weighted by atomic mass is 35.7. The molecule has 0 aliphatic carbocycles. The first-order chi connectivity index (χ1) is 9.27. The van der Waals surface area contributed by atoms with E-state index in [0.29, 0.717) is 5.82 Å². The minimum Gasteiger partial charge on any atom is -0.482 e. The van der Waals surface area contributed by atoms with Gasteiger partial charge in [-0.3, -0.25) is 0 Å². The molecule has 20 heavy (non-hydrogen) atoms. The number of rotatable bonds is 4. The van der Waals surface area contributed by atoms with Crippen LogP contribution in [0.1, 0.15) is 5.82 Å². The number of nitrogens with zero attached hydrogens (tertiary/aromatic N) is 4. The van der Waals surface area contributed by atoms with Crippen molar-refractivity contribution in [2.24, 2.45) is 7.05 Å². The molecule has 11 heteroatoms. The van der Waals surface area contributed by atoms with E-state index in [1.807, 2.05) is 0 Å². The molecule has 1 aromatic heterocycles. The van der Waals surface area contributed by atoms with Crippen molar-refractivity contribution in [3.8, 4) is 5.75 Å². The summed E-state index contributed by atoms with van der Waals surface area (Å²) in [5, 5.41) is 11.3. The van der Waals surface area contributed by atoms with Gasteiger partial charge in [-0.15, -0.1) is 10.2 Å². The number of ether oxygens (including phenoxy) is 1. The van der Waals surface area contributed by atoms with Crippen LogP contribution in [0.5, 0.6) is 5.75 Å². The van der Waals surface area contributed by atoms with Gasteiger partial charge in [-0.2, -0.15) is 4.80 Å². The summed E-state index contributed by atoms with van der Waals surface area (Å²) < 4.78 is 27.8. The molecule has 2 rings (SSSR count). The van der Waals surface area contributed by atoms with Crippen molar-refractivity contribution in [3.05, 3.63) is 28.0 Å². The van der Waals surface area contributed by atoms with E-state index in [2.05, 4.69) is 15.4 Å². The highest BCUT2D eigenvalue weighted by Gasteiger charge is 2.17. The monoisotopic (exact) mass is 356 g/mol. The number of hydrogen-bond donors (Lipinski definition) is 0. The molecular weight excluding hydrogens is 351 g/mol. The SMILES string of the molecule is Cn1nnc(COc2c(Cl)cc(S(=O)(=O)Cl)cc2Cl)n1. The maximum atomic E-state index is 11.2. The standard InChI is InChI=1S/C9H7Cl3N4O3S/c1-16-14-8(13-15-16)4-19-9-6(10)2-5(3-7(9)11)20(12,17)18/h2-3H,4H2,1H3. The first kappa shape index (κ1) is 15.3. The fourth-order valence-electron chi connectivity index (χ4n) is 1.33. The van der Waals surface area contributed by atoms with Crippen LogP contribution in [0.15, 0.2) is 17.0 Å². The summed E-state index contributed by atoms with van der Waals surface area (Å²) in [5.41, 5.74) is 0. The molecular formula is C9H7Cl3N4O3S. The predicted octanol–water partition coefficient (Wildman–Crippen LogP) is 2.02. The van der Waals surface area contributed by atoms with Crippen LogP contribution in [0.3, 0.4) is 0 Å². The molecule has 108 valence electrons. The van der Waals surface area contributed by atoms with Crippen molar-refractivity contribution in [3.63, 3.8) is 0 Å². The van der Waals surface area contributed by atoms with Gasteiger partial charge in [0.25, 0.3) is 9.05 Å². The zero-order chi connectivity index (χ0) is 14.9. The van der Waals surface area contributed by atoms with Crippen LogP contribution in [0.25, 0.3) is 0 Å². The lowest BCUT2D eigenvalue weighted by Gasteiger charge is -2.09. The number of aryl methyl sites for hydroxylation is 1. The van der Waals surface area contributed by atoms with Crippen molar-refractivity contribution >= 4 is 42.9 Å². The lowest BCUT2D eigenvalue weighted by atomic mass is 10.3. The Morgan fingerprint density at radius 1 is 1.30 bits per heavy atom. The molecule has 0 N–H and O–H groups in total. The Hall–Kier alpha value is -1.09. The average Bonchev–Trinajstić information content (AvgIpc) is 2.72. The molecule has 0 saturated carbocycles. The van der Waals surface area contributed by atoms with Crippen molar-refractivity contribution < 1.29 is 13.2 Å². The normalized spacial score (nSPS) is 11.6. The van der Waals surface area contributed by atoms with Gasteiger partial charge in [0.05, 0.1) is 22.0 Å². The lowest BCUT2D eigenvalue weighted by molar-refractivity contribution is 0.295. The van der Waals surface area contributed by atoms with Crippen LogP contribution >= 0.6 is 33.9 Å². The molecule has 0 aliphatic heterocycles. The van der Waals surface area contributed by atoms with E-state index >= 15 is 0 Å². The summed E-state index contributed by atoms with van der Waals surface area (Å²) in [6.07, 6.45) is 0. The fraction of sp³-hybridized carbons (Fsp3) is 0.222. The third kappa shape index (κ3) is 3.51. The van der Waals surface area contributed by atoms with Gasteiger partial charge in [0.2, 0.25) is 5.82 Å². The Balaban J connectivity index is 2.25. The van der Waals surface area contributed by atoms with Crippen LogP contribution in [-0.4, -0.2) is 28.6 Å². The van der Waals surface area contributed by atoms with Crippen LogP contribution < -0.4 is 4.74 Å². The summed E-state index contributed by atoms with van der Waals surface area (Å²) in [6.45, 7) is -0.0136. The number of tetrazole rings is 1. The van der Waals surface area contributed by atoms with Gasteiger partial charge in [0, 0.05) is 10.7 Å². The van der Waals surface area contributed by atoms with Gasteiger partial charge in [-0.05, 0) is 17.3 Å². The van der Waals surface area contributed by atoms with Crippen LogP contribution in [0, 0.1) is 0 Å². The average molecular weight is 358 g/mol. The zero-order valence-corrected chi connectivity index (χ0v) is 13.0. The highest BCUT2D eigenvalue weighted by Crippen LogP contribution is 2.36. The molecule has 0 radical (unpaired) electrons. The third-order valence-electron chi connectivity index (χ3n) is 2.15. The summed E-state index contributed by atoms with van der Waals surface area (Å²) in [7, 11) is 2.90. The maximum Gasteiger partial charge on any atom is 0.261 e. The van der Waals surface area contributed by atoms with Crippen molar-refractivity contribution in [1.29, 1.82) is 0 Å². The van der Waals surface area contributed by atoms with E-state index in [4.69, 9.17) is 38.6 Å². The molecule has 1 aromatic carbocycles. The summed E-state index contributed by atoms with van der Waals surface area (Å²) in [4.78, 5) is 1.06. The topological polar surface area (TPSA) is 87.0 Å². The predicted molar refractivity (Wildman–Crippen MR) is 72.6 cm³/mol. The van der Waals surface area contributed by atoms with E-state index < -0.39 is 9.05 Å². The smallest absolute Gasteiger partial charge is 0.261 e. The summed E-state index contributed by atoms with van der Waals surface area (Å²) in [6, 6.07) is 2.30. The molecule has 7 nitrogen and oxygen atoms in total. The highest BCUT2D eigenvalue weighted by molar-refractivity contribution is 8.13. The lowest BCUT2D eigenvalue weighted by Crippen LogP contribution is -2.01. The van der Waals surface area contributed by atoms with Gasteiger partial charge in [0.1, 0.15) is 0 Å². The Morgan fingerprint density at radius 3 is 2.35 bits per heavy atom. The first-order valence-electron chi connectivity index (χ1n) is 5.07. The number of aromatic nitrogens is 4. The molecule has 2 aromatic rings. The minimum atomic E-state index is -3.92. The van der Waals surface area contributed by atoms with Gasteiger partial charge in [-0.1, -0.05) is 23.2 Å². The maximum absolute atomic E-state index is 11.2. The molecule has 0 fully saturated rings. The van der Waals surface area contributed by atoms with Crippen LogP contribution in [-0.2, 0) is 22.7 Å². The molecule has 0 amide bonds. The fourth-order valence-corrected chi connectivity index (χ4v) is 2.84. The van der Waals surface area contributed by atoms with Gasteiger partial charge < -0.3 is 4.74 Å². The Bertz CT molecular complexity index is 724. The first-order valence-corrected chi connectivity index (χ1v) is 8.13. The number of benzene rings is 1. The Morgan fingerprint density at radius 2 is 1.90 bits per heavy atom. The van der Waals surface area contributed by atoms with Crippen molar-refractivity contribution in [2.75, 3.05) is 0 Å². The molecule has 0 saturated heterocycles. The van der Waals surface area contributed by atoms with E-state index in [1.54, 1.807) is 7.05 Å². The summed E-state index contributed by atoms with van der Waals surface area (Å²) >= 11 is 11.8. The molecule has 0 unspecified atom stereocenters. The number of halogens is 3. The van der Waals surface area contributed by atoms with Crippen molar-refractivity contribution in [1.82, 2.24) is 20.2 Å². The third-order valence-corrected chi connectivity index (χ3v) is 4.04. The molecule has 1 heterocycles. The van der Waals surface area contributed by atoms with Gasteiger partial charge >= 0.3 is 0 Å². The second-order valence-corrected chi connectivity index (χ2v) is 7.02. The van der Waals surface area contributed by atoms with Gasteiger partial charge in [0.15, 0.2) is 12.4 Å². The Kier molecular flexibility index (Phi) is 4.38.